The van der Waals surface area contributed by atoms with Crippen molar-refractivity contribution in [2.45, 2.75) is 6.54 Å². The van der Waals surface area contributed by atoms with E-state index in [-0.39, 0.29) is 0 Å². The van der Waals surface area contributed by atoms with E-state index >= 15 is 0 Å². The molecule has 5 nitrogen and oxygen atoms in total. The topological polar surface area (TPSA) is 40.1 Å². The van der Waals surface area contributed by atoms with Crippen molar-refractivity contribution in [2.24, 2.45) is 4.99 Å². The van der Waals surface area contributed by atoms with Gasteiger partial charge in [-0.15, -0.1) is 11.3 Å². The number of allylic oxidation sites excluding steroid dienone is 3. The third-order valence-corrected chi connectivity index (χ3v) is 6.01. The Bertz CT molecular complexity index is 922. The Hall–Kier alpha value is -2.83. The van der Waals surface area contributed by atoms with Gasteiger partial charge in [0.2, 0.25) is 0 Å². The Kier molecular flexibility index (Phi) is 6.12. The van der Waals surface area contributed by atoms with Crippen LogP contribution in [0.4, 0.5) is 5.69 Å². The summed E-state index contributed by atoms with van der Waals surface area (Å²) in [6.07, 6.45) is 5.73. The number of thiophene rings is 1. The molecular formula is C23H26N4OS. The van der Waals surface area contributed by atoms with E-state index in [2.05, 4.69) is 68.5 Å². The summed E-state index contributed by atoms with van der Waals surface area (Å²) in [6.45, 7) is 8.30. The van der Waals surface area contributed by atoms with Crippen LogP contribution in [0.15, 0.2) is 77.1 Å². The minimum atomic E-state index is 0.788. The van der Waals surface area contributed by atoms with Crippen LogP contribution in [0.1, 0.15) is 10.4 Å². The molecule has 0 spiro atoms. The van der Waals surface area contributed by atoms with Crippen LogP contribution in [-0.4, -0.2) is 44.5 Å². The van der Waals surface area contributed by atoms with Crippen LogP contribution in [-0.2, 0) is 11.3 Å². The highest BCUT2D eigenvalue weighted by Gasteiger charge is 2.17. The molecule has 6 heteroatoms. The van der Waals surface area contributed by atoms with E-state index in [9.17, 15) is 0 Å². The average molecular weight is 407 g/mol. The van der Waals surface area contributed by atoms with Crippen LogP contribution in [0, 0.1) is 0 Å². The summed E-state index contributed by atoms with van der Waals surface area (Å²) in [5, 5.41) is 5.60. The van der Waals surface area contributed by atoms with E-state index < -0.39 is 0 Å². The number of rotatable bonds is 6. The van der Waals surface area contributed by atoms with Gasteiger partial charge in [0.1, 0.15) is 11.6 Å². The van der Waals surface area contributed by atoms with Crippen LogP contribution in [0.25, 0.3) is 5.57 Å². The lowest BCUT2D eigenvalue weighted by Crippen LogP contribution is -2.36. The summed E-state index contributed by atoms with van der Waals surface area (Å²) < 4.78 is 5.45. The summed E-state index contributed by atoms with van der Waals surface area (Å²) in [5.41, 5.74) is 3.35. The zero-order valence-electron chi connectivity index (χ0n) is 16.7. The maximum Gasteiger partial charge on any atom is 0.141 e. The predicted molar refractivity (Wildman–Crippen MR) is 122 cm³/mol. The molecule has 0 aliphatic carbocycles. The molecule has 4 rings (SSSR count). The van der Waals surface area contributed by atoms with Crippen molar-refractivity contribution in [3.63, 3.8) is 0 Å². The Morgan fingerprint density at radius 2 is 2.03 bits per heavy atom. The van der Waals surface area contributed by atoms with Gasteiger partial charge in [0, 0.05) is 42.5 Å². The van der Waals surface area contributed by atoms with Crippen molar-refractivity contribution < 1.29 is 4.74 Å². The lowest BCUT2D eigenvalue weighted by molar-refractivity contribution is 0.122. The van der Waals surface area contributed by atoms with Gasteiger partial charge in [-0.05, 0) is 35.2 Å². The Morgan fingerprint density at radius 1 is 1.24 bits per heavy atom. The fourth-order valence-corrected chi connectivity index (χ4v) is 4.17. The van der Waals surface area contributed by atoms with Crippen molar-refractivity contribution in [1.29, 1.82) is 0 Å². The van der Waals surface area contributed by atoms with Gasteiger partial charge in [-0.1, -0.05) is 30.9 Å². The minimum Gasteiger partial charge on any atom is -0.378 e. The first-order chi connectivity index (χ1) is 14.3. The number of hydrogen-bond donors (Lipinski definition) is 1. The van der Waals surface area contributed by atoms with E-state index in [4.69, 9.17) is 4.74 Å². The van der Waals surface area contributed by atoms with E-state index in [1.165, 1.54) is 10.6 Å². The fraction of sp³-hybridized carbons (Fsp3) is 0.261. The van der Waals surface area contributed by atoms with E-state index in [0.29, 0.717) is 0 Å². The van der Waals surface area contributed by atoms with Crippen molar-refractivity contribution in [3.8, 4) is 0 Å². The van der Waals surface area contributed by atoms with Crippen molar-refractivity contribution >= 4 is 28.8 Å². The molecule has 29 heavy (non-hydrogen) atoms. The lowest BCUT2D eigenvalue weighted by Gasteiger charge is -2.29. The maximum atomic E-state index is 5.45. The molecule has 0 amide bonds. The molecular weight excluding hydrogens is 380 g/mol. The number of hydrogen-bond acceptors (Lipinski definition) is 6. The zero-order chi connectivity index (χ0) is 20.1. The summed E-state index contributed by atoms with van der Waals surface area (Å²) in [5.74, 6) is 1.91. The van der Waals surface area contributed by atoms with E-state index in [1.807, 2.05) is 25.4 Å². The van der Waals surface area contributed by atoms with Crippen LogP contribution >= 0.6 is 11.3 Å². The smallest absolute Gasteiger partial charge is 0.141 e. The maximum absolute atomic E-state index is 5.45. The second kappa shape index (κ2) is 9.11. The molecule has 2 aliphatic rings. The molecule has 0 bridgehead atoms. The van der Waals surface area contributed by atoms with Gasteiger partial charge < -0.3 is 19.9 Å². The van der Waals surface area contributed by atoms with Gasteiger partial charge in [0.25, 0.3) is 0 Å². The number of benzene rings is 1. The second-order valence-electron chi connectivity index (χ2n) is 6.91. The SMILES string of the molecule is C=C/C(=C1/N=CC=C(NCc2cccs2)N1C)c1ccc(N2CCOCC2)cc1. The Labute approximate surface area is 176 Å². The summed E-state index contributed by atoms with van der Waals surface area (Å²) in [6, 6.07) is 12.8. The zero-order valence-corrected chi connectivity index (χ0v) is 17.5. The lowest BCUT2D eigenvalue weighted by atomic mass is 10.0. The first kappa shape index (κ1) is 19.5. The molecule has 1 aromatic heterocycles. The first-order valence-electron chi connectivity index (χ1n) is 9.80. The molecule has 150 valence electrons. The number of nitrogens with zero attached hydrogens (tertiary/aromatic N) is 3. The quantitative estimate of drug-likeness (QED) is 0.785. The first-order valence-corrected chi connectivity index (χ1v) is 10.7. The van der Waals surface area contributed by atoms with Gasteiger partial charge >= 0.3 is 0 Å². The number of nitrogens with one attached hydrogen (secondary N) is 1. The molecule has 2 aromatic rings. The van der Waals surface area contributed by atoms with Crippen LogP contribution < -0.4 is 10.2 Å². The predicted octanol–water partition coefficient (Wildman–Crippen LogP) is 4.09. The molecule has 3 heterocycles. The van der Waals surface area contributed by atoms with Crippen LogP contribution in [0.2, 0.25) is 0 Å². The minimum absolute atomic E-state index is 0.788. The third-order valence-electron chi connectivity index (χ3n) is 5.13. The molecule has 0 unspecified atom stereocenters. The monoisotopic (exact) mass is 406 g/mol. The van der Waals surface area contributed by atoms with Crippen molar-refractivity contribution in [3.05, 3.63) is 82.6 Å². The molecule has 0 radical (unpaired) electrons. The summed E-state index contributed by atoms with van der Waals surface area (Å²) in [7, 11) is 2.03. The molecule has 0 atom stereocenters. The number of ether oxygens (including phenoxy) is 1. The standard InChI is InChI=1S/C23H26N4OS/c1-3-21(18-6-8-19(9-7-18)27-12-14-28-15-13-27)23-24-11-10-22(26(23)2)25-17-20-5-4-16-29-20/h3-11,16,25H,1,12-15,17H2,2H3/b23-21+. The van der Waals surface area contributed by atoms with Crippen LogP contribution in [0.3, 0.4) is 0 Å². The molecule has 1 N–H and O–H groups in total. The molecule has 1 saturated heterocycles. The number of aliphatic imine (C=N–C) groups is 1. The molecule has 1 fully saturated rings. The number of anilines is 1. The molecule has 0 saturated carbocycles. The van der Waals surface area contributed by atoms with Gasteiger partial charge in [-0.3, -0.25) is 0 Å². The van der Waals surface area contributed by atoms with Gasteiger partial charge in [0.15, 0.2) is 0 Å². The Morgan fingerprint density at radius 3 is 2.72 bits per heavy atom. The summed E-state index contributed by atoms with van der Waals surface area (Å²) >= 11 is 1.75. The van der Waals surface area contributed by atoms with Crippen molar-refractivity contribution in [2.75, 3.05) is 38.3 Å². The van der Waals surface area contributed by atoms with E-state index in [1.54, 1.807) is 11.3 Å². The largest absolute Gasteiger partial charge is 0.378 e. The van der Waals surface area contributed by atoms with Gasteiger partial charge in [0.05, 0.1) is 19.8 Å². The van der Waals surface area contributed by atoms with Crippen LogP contribution in [0.5, 0.6) is 0 Å². The van der Waals surface area contributed by atoms with Crippen molar-refractivity contribution in [1.82, 2.24) is 10.2 Å². The highest BCUT2D eigenvalue weighted by molar-refractivity contribution is 7.09. The highest BCUT2D eigenvalue weighted by Crippen LogP contribution is 2.28. The second-order valence-corrected chi connectivity index (χ2v) is 7.94. The highest BCUT2D eigenvalue weighted by atomic mass is 32.1. The normalized spacial score (nSPS) is 18.4. The summed E-state index contributed by atoms with van der Waals surface area (Å²) in [4.78, 5) is 10.4. The average Bonchev–Trinajstić information content (AvgIpc) is 3.29. The fourth-order valence-electron chi connectivity index (χ4n) is 3.52. The third kappa shape index (κ3) is 4.44. The van der Waals surface area contributed by atoms with Gasteiger partial charge in [-0.2, -0.15) is 0 Å². The van der Waals surface area contributed by atoms with E-state index in [0.717, 1.165) is 55.6 Å². The number of morpholine rings is 1. The molecule has 1 aromatic carbocycles. The Balaban J connectivity index is 1.53. The van der Waals surface area contributed by atoms with Gasteiger partial charge in [-0.25, -0.2) is 4.99 Å². The molecule has 2 aliphatic heterocycles.